The molecular weight excluding hydrogens is 216 g/mol. The van der Waals surface area contributed by atoms with E-state index in [1.54, 1.807) is 11.3 Å². The van der Waals surface area contributed by atoms with E-state index in [0.717, 1.165) is 20.5 Å². The van der Waals surface area contributed by atoms with Gasteiger partial charge in [-0.05, 0) is 24.6 Å². The summed E-state index contributed by atoms with van der Waals surface area (Å²) < 4.78 is 0. The van der Waals surface area contributed by atoms with E-state index >= 15 is 0 Å². The average molecular weight is 225 g/mol. The van der Waals surface area contributed by atoms with Crippen LogP contribution < -0.4 is 5.73 Å². The molecule has 0 unspecified atom stereocenters. The molecule has 0 saturated heterocycles. The second-order valence-electron chi connectivity index (χ2n) is 2.95. The van der Waals surface area contributed by atoms with Gasteiger partial charge in [0, 0.05) is 5.02 Å². The number of aryl methyl sites for hydroxylation is 1. The normalized spacial score (nSPS) is 10.4. The SMILES string of the molecule is Cc1nc(N)c(-c2ccc(Cl)cc2)s1. The van der Waals surface area contributed by atoms with Crippen molar-refractivity contribution in [3.63, 3.8) is 0 Å². The lowest BCUT2D eigenvalue weighted by Gasteiger charge is -1.97. The first-order valence-corrected chi connectivity index (χ1v) is 5.35. The van der Waals surface area contributed by atoms with Crippen LogP contribution in [0.15, 0.2) is 24.3 Å². The van der Waals surface area contributed by atoms with Crippen LogP contribution in [-0.2, 0) is 0 Å². The van der Waals surface area contributed by atoms with Gasteiger partial charge in [-0.1, -0.05) is 23.7 Å². The van der Waals surface area contributed by atoms with Gasteiger partial charge in [0.1, 0.15) is 5.82 Å². The number of thiazole rings is 1. The molecule has 1 heterocycles. The van der Waals surface area contributed by atoms with Gasteiger partial charge in [0.05, 0.1) is 9.88 Å². The minimum atomic E-state index is 0.592. The molecule has 0 spiro atoms. The molecule has 0 saturated carbocycles. The number of rotatable bonds is 1. The van der Waals surface area contributed by atoms with Crippen LogP contribution >= 0.6 is 22.9 Å². The smallest absolute Gasteiger partial charge is 0.142 e. The number of halogens is 1. The third kappa shape index (κ3) is 1.74. The highest BCUT2D eigenvalue weighted by atomic mass is 35.5. The second-order valence-corrected chi connectivity index (χ2v) is 4.59. The molecular formula is C10H9ClN2S. The van der Waals surface area contributed by atoms with E-state index in [4.69, 9.17) is 17.3 Å². The van der Waals surface area contributed by atoms with Crippen molar-refractivity contribution in [2.24, 2.45) is 0 Å². The van der Waals surface area contributed by atoms with Gasteiger partial charge in [0.25, 0.3) is 0 Å². The van der Waals surface area contributed by atoms with E-state index in [1.807, 2.05) is 31.2 Å². The Balaban J connectivity index is 2.49. The molecule has 0 bridgehead atoms. The van der Waals surface area contributed by atoms with Crippen LogP contribution in [-0.4, -0.2) is 4.98 Å². The molecule has 2 N–H and O–H groups in total. The largest absolute Gasteiger partial charge is 0.382 e. The number of benzene rings is 1. The van der Waals surface area contributed by atoms with Gasteiger partial charge in [-0.3, -0.25) is 0 Å². The number of anilines is 1. The maximum atomic E-state index is 5.80. The lowest BCUT2D eigenvalue weighted by atomic mass is 10.2. The highest BCUT2D eigenvalue weighted by Crippen LogP contribution is 2.32. The van der Waals surface area contributed by atoms with Gasteiger partial charge in [-0.15, -0.1) is 11.3 Å². The predicted octanol–water partition coefficient (Wildman–Crippen LogP) is 3.35. The highest BCUT2D eigenvalue weighted by molar-refractivity contribution is 7.15. The van der Waals surface area contributed by atoms with Crippen LogP contribution in [0.5, 0.6) is 0 Å². The van der Waals surface area contributed by atoms with Gasteiger partial charge in [-0.25, -0.2) is 4.98 Å². The monoisotopic (exact) mass is 224 g/mol. The molecule has 0 radical (unpaired) electrons. The van der Waals surface area contributed by atoms with Crippen LogP contribution in [0, 0.1) is 6.92 Å². The third-order valence-corrected chi connectivity index (χ3v) is 3.15. The van der Waals surface area contributed by atoms with Crippen molar-refractivity contribution in [2.45, 2.75) is 6.92 Å². The fraction of sp³-hybridized carbons (Fsp3) is 0.100. The molecule has 1 aromatic heterocycles. The summed E-state index contributed by atoms with van der Waals surface area (Å²) in [6.45, 7) is 1.94. The molecule has 0 aliphatic heterocycles. The van der Waals surface area contributed by atoms with Gasteiger partial charge in [0.15, 0.2) is 0 Å². The number of nitrogens with two attached hydrogens (primary N) is 1. The summed E-state index contributed by atoms with van der Waals surface area (Å²) in [4.78, 5) is 5.19. The standard InChI is InChI=1S/C10H9ClN2S/c1-6-13-10(12)9(14-6)7-2-4-8(11)5-3-7/h2-5H,12H2,1H3. The Hall–Kier alpha value is -1.06. The van der Waals surface area contributed by atoms with E-state index in [0.29, 0.717) is 5.82 Å². The summed E-state index contributed by atoms with van der Waals surface area (Å²) in [7, 11) is 0. The summed E-state index contributed by atoms with van der Waals surface area (Å²) >= 11 is 7.39. The molecule has 1 aromatic carbocycles. The van der Waals surface area contributed by atoms with E-state index in [9.17, 15) is 0 Å². The zero-order valence-corrected chi connectivity index (χ0v) is 9.19. The van der Waals surface area contributed by atoms with Gasteiger partial charge in [-0.2, -0.15) is 0 Å². The summed E-state index contributed by atoms with van der Waals surface area (Å²) in [6, 6.07) is 7.61. The van der Waals surface area contributed by atoms with E-state index in [1.165, 1.54) is 0 Å². The minimum Gasteiger partial charge on any atom is -0.382 e. The number of hydrogen-bond acceptors (Lipinski definition) is 3. The van der Waals surface area contributed by atoms with Crippen molar-refractivity contribution >= 4 is 28.8 Å². The van der Waals surface area contributed by atoms with Crippen LogP contribution in [0.25, 0.3) is 10.4 Å². The predicted molar refractivity (Wildman–Crippen MR) is 61.7 cm³/mol. The van der Waals surface area contributed by atoms with Crippen molar-refractivity contribution < 1.29 is 0 Å². The van der Waals surface area contributed by atoms with Crippen LogP contribution in [0.2, 0.25) is 5.02 Å². The molecule has 4 heteroatoms. The quantitative estimate of drug-likeness (QED) is 0.807. The third-order valence-electron chi connectivity index (χ3n) is 1.87. The highest BCUT2D eigenvalue weighted by Gasteiger charge is 2.07. The van der Waals surface area contributed by atoms with Gasteiger partial charge >= 0.3 is 0 Å². The molecule has 72 valence electrons. The summed E-state index contributed by atoms with van der Waals surface area (Å²) in [5.74, 6) is 0.592. The maximum Gasteiger partial charge on any atom is 0.142 e. The van der Waals surface area contributed by atoms with Gasteiger partial charge < -0.3 is 5.73 Å². The Morgan fingerprint density at radius 3 is 2.43 bits per heavy atom. The number of nitrogen functional groups attached to an aromatic ring is 1. The molecule has 2 rings (SSSR count). The summed E-state index contributed by atoms with van der Waals surface area (Å²) in [6.07, 6.45) is 0. The van der Waals surface area contributed by atoms with Crippen LogP contribution in [0.4, 0.5) is 5.82 Å². The molecule has 0 aliphatic carbocycles. The summed E-state index contributed by atoms with van der Waals surface area (Å²) in [5.41, 5.74) is 6.84. The molecule has 14 heavy (non-hydrogen) atoms. The van der Waals surface area contributed by atoms with Crippen molar-refractivity contribution in [1.29, 1.82) is 0 Å². The second kappa shape index (κ2) is 3.59. The van der Waals surface area contributed by atoms with Crippen molar-refractivity contribution in [3.05, 3.63) is 34.3 Å². The molecule has 0 atom stereocenters. The number of hydrogen-bond donors (Lipinski definition) is 1. The molecule has 0 fully saturated rings. The maximum absolute atomic E-state index is 5.80. The van der Waals surface area contributed by atoms with Crippen LogP contribution in [0.3, 0.4) is 0 Å². The Bertz CT molecular complexity index is 448. The fourth-order valence-electron chi connectivity index (χ4n) is 1.25. The first kappa shape index (κ1) is 9.49. The van der Waals surface area contributed by atoms with Crippen LogP contribution in [0.1, 0.15) is 5.01 Å². The fourth-order valence-corrected chi connectivity index (χ4v) is 2.22. The zero-order chi connectivity index (χ0) is 10.1. The minimum absolute atomic E-state index is 0.592. The Kier molecular flexibility index (Phi) is 2.44. The Morgan fingerprint density at radius 2 is 1.93 bits per heavy atom. The van der Waals surface area contributed by atoms with Crippen molar-refractivity contribution in [1.82, 2.24) is 4.98 Å². The number of nitrogens with zero attached hydrogens (tertiary/aromatic N) is 1. The first-order valence-electron chi connectivity index (χ1n) is 4.15. The van der Waals surface area contributed by atoms with E-state index < -0.39 is 0 Å². The lowest BCUT2D eigenvalue weighted by molar-refractivity contribution is 1.31. The molecule has 2 aromatic rings. The topological polar surface area (TPSA) is 38.9 Å². The molecule has 0 amide bonds. The Morgan fingerprint density at radius 1 is 1.29 bits per heavy atom. The zero-order valence-electron chi connectivity index (χ0n) is 7.62. The van der Waals surface area contributed by atoms with E-state index in [2.05, 4.69) is 4.98 Å². The molecule has 0 aliphatic rings. The Labute approximate surface area is 91.4 Å². The van der Waals surface area contributed by atoms with Crippen molar-refractivity contribution in [3.8, 4) is 10.4 Å². The number of aromatic nitrogens is 1. The summed E-state index contributed by atoms with van der Waals surface area (Å²) in [5, 5.41) is 1.71. The van der Waals surface area contributed by atoms with E-state index in [-0.39, 0.29) is 0 Å². The lowest BCUT2D eigenvalue weighted by Crippen LogP contribution is -1.86. The van der Waals surface area contributed by atoms with Gasteiger partial charge in [0.2, 0.25) is 0 Å². The average Bonchev–Trinajstić information content (AvgIpc) is 2.47. The van der Waals surface area contributed by atoms with Crippen molar-refractivity contribution in [2.75, 3.05) is 5.73 Å². The molecule has 2 nitrogen and oxygen atoms in total. The first-order chi connectivity index (χ1) is 6.66.